The summed E-state index contributed by atoms with van der Waals surface area (Å²) < 4.78 is 26.3. The number of nitrogens with one attached hydrogen (secondary N) is 1. The Balaban J connectivity index is 1.92. The molecule has 0 unspecified atom stereocenters. The number of hydrogen-bond donors (Lipinski definition) is 1. The lowest BCUT2D eigenvalue weighted by Gasteiger charge is -2.28. The summed E-state index contributed by atoms with van der Waals surface area (Å²) in [4.78, 5) is 2.23. The second-order valence-electron chi connectivity index (χ2n) is 5.05. The molecular formula is C14H18BrFN2O2. The summed E-state index contributed by atoms with van der Waals surface area (Å²) in [5.74, 6) is 0.968. The van der Waals surface area contributed by atoms with Gasteiger partial charge in [0.15, 0.2) is 11.5 Å². The number of fused-ring (bicyclic) bond motifs is 1. The highest BCUT2D eigenvalue weighted by molar-refractivity contribution is 9.10. The maximum Gasteiger partial charge on any atom is 0.168 e. The summed E-state index contributed by atoms with van der Waals surface area (Å²) in [6.45, 7) is 5.45. The Morgan fingerprint density at radius 2 is 2.00 bits per heavy atom. The highest BCUT2D eigenvalue weighted by Crippen LogP contribution is 2.39. The van der Waals surface area contributed by atoms with Crippen molar-refractivity contribution in [3.8, 4) is 11.5 Å². The summed E-state index contributed by atoms with van der Waals surface area (Å²) in [7, 11) is 0. The highest BCUT2D eigenvalue weighted by atomic mass is 79.9. The molecule has 0 radical (unpaired) electrons. The minimum absolute atomic E-state index is 0.243. The average molecular weight is 345 g/mol. The molecule has 0 aromatic heterocycles. The third-order valence-electron chi connectivity index (χ3n) is 3.61. The molecule has 0 spiro atoms. The first kappa shape index (κ1) is 14.1. The van der Waals surface area contributed by atoms with Crippen molar-refractivity contribution in [3.63, 3.8) is 0 Å². The van der Waals surface area contributed by atoms with E-state index >= 15 is 0 Å². The molecule has 0 saturated carbocycles. The van der Waals surface area contributed by atoms with Crippen molar-refractivity contribution in [1.29, 1.82) is 0 Å². The largest absolute Gasteiger partial charge is 0.490 e. The first-order valence-corrected chi connectivity index (χ1v) is 7.74. The normalized spacial score (nSPS) is 19.7. The summed E-state index contributed by atoms with van der Waals surface area (Å²) in [6, 6.07) is 1.66. The molecule has 20 heavy (non-hydrogen) atoms. The number of piperazine rings is 1. The van der Waals surface area contributed by atoms with Gasteiger partial charge in [-0.3, -0.25) is 4.90 Å². The molecule has 0 amide bonds. The van der Waals surface area contributed by atoms with Gasteiger partial charge >= 0.3 is 0 Å². The van der Waals surface area contributed by atoms with Crippen LogP contribution in [0.15, 0.2) is 10.5 Å². The van der Waals surface area contributed by atoms with Crippen LogP contribution in [0.5, 0.6) is 11.5 Å². The van der Waals surface area contributed by atoms with Gasteiger partial charge in [-0.2, -0.15) is 0 Å². The van der Waals surface area contributed by atoms with Crippen LogP contribution < -0.4 is 14.8 Å². The molecular weight excluding hydrogens is 327 g/mol. The van der Waals surface area contributed by atoms with Crippen molar-refractivity contribution in [2.24, 2.45) is 0 Å². The van der Waals surface area contributed by atoms with E-state index < -0.39 is 0 Å². The van der Waals surface area contributed by atoms with Crippen LogP contribution in [0.1, 0.15) is 12.0 Å². The fourth-order valence-electron chi connectivity index (χ4n) is 2.55. The molecule has 0 bridgehead atoms. The van der Waals surface area contributed by atoms with Gasteiger partial charge in [-0.1, -0.05) is 0 Å². The molecule has 1 N–H and O–H groups in total. The van der Waals surface area contributed by atoms with Gasteiger partial charge in [0.2, 0.25) is 0 Å². The van der Waals surface area contributed by atoms with Crippen molar-refractivity contribution in [2.75, 3.05) is 39.4 Å². The van der Waals surface area contributed by atoms with E-state index in [4.69, 9.17) is 9.47 Å². The molecule has 1 saturated heterocycles. The fourth-order valence-corrected chi connectivity index (χ4v) is 3.00. The Kier molecular flexibility index (Phi) is 4.43. The van der Waals surface area contributed by atoms with Crippen molar-refractivity contribution >= 4 is 15.9 Å². The number of halogens is 2. The van der Waals surface area contributed by atoms with Gasteiger partial charge in [0, 0.05) is 50.8 Å². The molecule has 2 heterocycles. The molecule has 110 valence electrons. The molecule has 2 aliphatic heterocycles. The summed E-state index contributed by atoms with van der Waals surface area (Å²) in [6.07, 6.45) is 0.820. The Morgan fingerprint density at radius 3 is 2.80 bits per heavy atom. The standard InChI is InChI=1S/C14H18BrFN2O2/c15-11-8-12-14(20-7-1-6-19-12)10(13(11)16)9-18-4-2-17-3-5-18/h8,17H,1-7,9H2. The fraction of sp³-hybridized carbons (Fsp3) is 0.571. The van der Waals surface area contributed by atoms with Crippen LogP contribution in [0.4, 0.5) is 4.39 Å². The lowest BCUT2D eigenvalue weighted by atomic mass is 10.1. The van der Waals surface area contributed by atoms with E-state index in [1.54, 1.807) is 6.07 Å². The highest BCUT2D eigenvalue weighted by Gasteiger charge is 2.23. The van der Waals surface area contributed by atoms with Crippen LogP contribution in [0.3, 0.4) is 0 Å². The minimum atomic E-state index is -0.243. The number of hydrogen-bond acceptors (Lipinski definition) is 4. The lowest BCUT2D eigenvalue weighted by Crippen LogP contribution is -2.43. The summed E-state index contributed by atoms with van der Waals surface area (Å²) >= 11 is 3.27. The topological polar surface area (TPSA) is 33.7 Å². The SMILES string of the molecule is Fc1c(Br)cc2c(c1CN1CCNCC1)OCCCO2. The number of rotatable bonds is 2. The Labute approximate surface area is 126 Å². The van der Waals surface area contributed by atoms with Gasteiger partial charge in [0.05, 0.1) is 17.7 Å². The van der Waals surface area contributed by atoms with Crippen LogP contribution >= 0.6 is 15.9 Å². The van der Waals surface area contributed by atoms with Gasteiger partial charge in [0.1, 0.15) is 5.82 Å². The zero-order chi connectivity index (χ0) is 13.9. The summed E-state index contributed by atoms with van der Waals surface area (Å²) in [5.41, 5.74) is 0.596. The predicted molar refractivity (Wildman–Crippen MR) is 77.9 cm³/mol. The second kappa shape index (κ2) is 6.28. The van der Waals surface area contributed by atoms with Crippen LogP contribution in [-0.2, 0) is 6.54 Å². The van der Waals surface area contributed by atoms with E-state index in [9.17, 15) is 4.39 Å². The van der Waals surface area contributed by atoms with E-state index in [0.717, 1.165) is 32.6 Å². The number of benzene rings is 1. The smallest absolute Gasteiger partial charge is 0.168 e. The van der Waals surface area contributed by atoms with E-state index in [-0.39, 0.29) is 5.82 Å². The van der Waals surface area contributed by atoms with E-state index in [0.29, 0.717) is 41.3 Å². The van der Waals surface area contributed by atoms with Crippen molar-refractivity contribution in [2.45, 2.75) is 13.0 Å². The molecule has 2 aliphatic rings. The average Bonchev–Trinajstić information content (AvgIpc) is 2.70. The van der Waals surface area contributed by atoms with E-state index in [2.05, 4.69) is 26.1 Å². The first-order chi connectivity index (χ1) is 9.75. The molecule has 0 aliphatic carbocycles. The third kappa shape index (κ3) is 2.92. The van der Waals surface area contributed by atoms with Gasteiger partial charge in [-0.25, -0.2) is 4.39 Å². The molecule has 3 rings (SSSR count). The molecule has 0 atom stereocenters. The van der Waals surface area contributed by atoms with Gasteiger partial charge < -0.3 is 14.8 Å². The Bertz CT molecular complexity index is 493. The monoisotopic (exact) mass is 344 g/mol. The van der Waals surface area contributed by atoms with E-state index in [1.165, 1.54) is 0 Å². The molecule has 4 nitrogen and oxygen atoms in total. The Morgan fingerprint density at radius 1 is 1.25 bits per heavy atom. The van der Waals surface area contributed by atoms with Crippen LogP contribution in [0, 0.1) is 5.82 Å². The van der Waals surface area contributed by atoms with Gasteiger partial charge in [0.25, 0.3) is 0 Å². The predicted octanol–water partition coefficient (Wildman–Crippen LogP) is 2.15. The molecule has 6 heteroatoms. The zero-order valence-electron chi connectivity index (χ0n) is 11.3. The number of ether oxygens (including phenoxy) is 2. The maximum atomic E-state index is 14.5. The first-order valence-electron chi connectivity index (χ1n) is 6.95. The zero-order valence-corrected chi connectivity index (χ0v) is 12.8. The second-order valence-corrected chi connectivity index (χ2v) is 5.91. The van der Waals surface area contributed by atoms with Crippen molar-refractivity contribution in [3.05, 3.63) is 21.9 Å². The Hall–Kier alpha value is -0.850. The van der Waals surface area contributed by atoms with Crippen molar-refractivity contribution in [1.82, 2.24) is 10.2 Å². The lowest BCUT2D eigenvalue weighted by molar-refractivity contribution is 0.224. The maximum absolute atomic E-state index is 14.5. The van der Waals surface area contributed by atoms with E-state index in [1.807, 2.05) is 0 Å². The molecule has 1 fully saturated rings. The molecule has 1 aromatic rings. The minimum Gasteiger partial charge on any atom is -0.490 e. The van der Waals surface area contributed by atoms with Gasteiger partial charge in [-0.15, -0.1) is 0 Å². The van der Waals surface area contributed by atoms with Gasteiger partial charge in [-0.05, 0) is 15.9 Å². The number of nitrogens with zero attached hydrogens (tertiary/aromatic N) is 1. The van der Waals surface area contributed by atoms with Crippen molar-refractivity contribution < 1.29 is 13.9 Å². The van der Waals surface area contributed by atoms with Crippen LogP contribution in [0.25, 0.3) is 0 Å². The third-order valence-corrected chi connectivity index (χ3v) is 4.19. The summed E-state index contributed by atoms with van der Waals surface area (Å²) in [5, 5.41) is 3.30. The van der Waals surface area contributed by atoms with Crippen LogP contribution in [-0.4, -0.2) is 44.3 Å². The van der Waals surface area contributed by atoms with Crippen LogP contribution in [0.2, 0.25) is 0 Å². The quantitative estimate of drug-likeness (QED) is 0.891. The molecule has 1 aromatic carbocycles.